The van der Waals surface area contributed by atoms with Crippen LogP contribution in [-0.2, 0) is 9.53 Å². The van der Waals surface area contributed by atoms with E-state index in [0.29, 0.717) is 12.8 Å². The highest BCUT2D eigenvalue weighted by molar-refractivity contribution is 5.75. The molecule has 2 saturated carbocycles. The molecule has 1 heterocycles. The highest BCUT2D eigenvalue weighted by Crippen LogP contribution is 2.52. The van der Waals surface area contributed by atoms with E-state index in [1.54, 1.807) is 0 Å². The maximum absolute atomic E-state index is 11.8. The lowest BCUT2D eigenvalue weighted by Crippen LogP contribution is -2.37. The number of esters is 1. The van der Waals surface area contributed by atoms with E-state index in [1.165, 1.54) is 0 Å². The normalized spacial score (nSPS) is 53.5. The monoisotopic (exact) mass is 266 g/mol. The van der Waals surface area contributed by atoms with E-state index >= 15 is 0 Å². The van der Waals surface area contributed by atoms with Crippen LogP contribution < -0.4 is 0 Å². The third-order valence-electron chi connectivity index (χ3n) is 5.57. The minimum absolute atomic E-state index is 0.0812. The van der Waals surface area contributed by atoms with E-state index in [0.717, 1.165) is 5.57 Å². The summed E-state index contributed by atoms with van der Waals surface area (Å²) in [6, 6.07) is 0. The van der Waals surface area contributed by atoms with Crippen LogP contribution in [0.1, 0.15) is 26.7 Å². The molecular weight excluding hydrogens is 244 g/mol. The second-order valence-corrected chi connectivity index (χ2v) is 6.54. The van der Waals surface area contributed by atoms with E-state index in [9.17, 15) is 15.0 Å². The van der Waals surface area contributed by atoms with Crippen molar-refractivity contribution in [3.8, 4) is 0 Å². The van der Waals surface area contributed by atoms with Crippen molar-refractivity contribution in [3.63, 3.8) is 0 Å². The molecule has 4 nitrogen and oxygen atoms in total. The fraction of sp³-hybridized carbons (Fsp3) is 0.800. The van der Waals surface area contributed by atoms with Crippen LogP contribution in [0.25, 0.3) is 0 Å². The van der Waals surface area contributed by atoms with Gasteiger partial charge < -0.3 is 14.9 Å². The molecule has 3 fully saturated rings. The zero-order valence-corrected chi connectivity index (χ0v) is 11.5. The summed E-state index contributed by atoms with van der Waals surface area (Å²) < 4.78 is 5.56. The summed E-state index contributed by atoms with van der Waals surface area (Å²) in [5.74, 6) is -0.304. The summed E-state index contributed by atoms with van der Waals surface area (Å²) >= 11 is 0. The van der Waals surface area contributed by atoms with Crippen molar-refractivity contribution < 1.29 is 19.7 Å². The zero-order valence-electron chi connectivity index (χ0n) is 11.5. The van der Waals surface area contributed by atoms with E-state index in [4.69, 9.17) is 4.74 Å². The molecule has 0 unspecified atom stereocenters. The Balaban J connectivity index is 2.00. The average molecular weight is 266 g/mol. The number of rotatable bonds is 0. The van der Waals surface area contributed by atoms with Crippen LogP contribution in [0.3, 0.4) is 0 Å². The lowest BCUT2D eigenvalue weighted by atomic mass is 9.77. The predicted molar refractivity (Wildman–Crippen MR) is 69.1 cm³/mol. The Labute approximate surface area is 113 Å². The molecule has 0 amide bonds. The number of aliphatic hydroxyl groups is 2. The van der Waals surface area contributed by atoms with Gasteiger partial charge in [0, 0.05) is 11.8 Å². The molecule has 19 heavy (non-hydrogen) atoms. The van der Waals surface area contributed by atoms with Gasteiger partial charge in [-0.15, -0.1) is 0 Å². The van der Waals surface area contributed by atoms with Gasteiger partial charge >= 0.3 is 5.97 Å². The summed E-state index contributed by atoms with van der Waals surface area (Å²) in [6.07, 6.45) is -0.00463. The van der Waals surface area contributed by atoms with Crippen molar-refractivity contribution in [1.82, 2.24) is 0 Å². The van der Waals surface area contributed by atoms with Gasteiger partial charge in [0.15, 0.2) is 0 Å². The first-order chi connectivity index (χ1) is 8.91. The fourth-order valence-corrected chi connectivity index (χ4v) is 4.43. The molecular formula is C15H22O4. The number of hydrogen-bond donors (Lipinski definition) is 2. The molecule has 0 bridgehead atoms. The molecule has 3 aliphatic rings. The first kappa shape index (κ1) is 13.1. The Bertz CT molecular complexity index is 418. The lowest BCUT2D eigenvalue weighted by Gasteiger charge is -2.30. The van der Waals surface area contributed by atoms with Crippen molar-refractivity contribution in [2.75, 3.05) is 0 Å². The van der Waals surface area contributed by atoms with E-state index in [-0.39, 0.29) is 47.8 Å². The minimum Gasteiger partial charge on any atom is -0.461 e. The van der Waals surface area contributed by atoms with Gasteiger partial charge in [0.1, 0.15) is 6.10 Å². The number of carbonyl (C=O) groups is 1. The summed E-state index contributed by atoms with van der Waals surface area (Å²) in [6.45, 7) is 7.93. The van der Waals surface area contributed by atoms with Crippen LogP contribution in [0, 0.1) is 29.6 Å². The van der Waals surface area contributed by atoms with Crippen molar-refractivity contribution in [2.24, 2.45) is 29.6 Å². The van der Waals surface area contributed by atoms with Gasteiger partial charge in [0.2, 0.25) is 0 Å². The predicted octanol–water partition coefficient (Wildman–Crippen LogP) is 1.12. The Hall–Kier alpha value is -0.870. The van der Waals surface area contributed by atoms with Crippen LogP contribution in [0.2, 0.25) is 0 Å². The Morgan fingerprint density at radius 2 is 1.89 bits per heavy atom. The van der Waals surface area contributed by atoms with Crippen molar-refractivity contribution >= 4 is 5.97 Å². The number of carbonyl (C=O) groups excluding carboxylic acids is 1. The van der Waals surface area contributed by atoms with Crippen LogP contribution in [0.15, 0.2) is 12.2 Å². The Kier molecular flexibility index (Phi) is 2.98. The topological polar surface area (TPSA) is 66.8 Å². The maximum Gasteiger partial charge on any atom is 0.309 e. The van der Waals surface area contributed by atoms with Crippen LogP contribution >= 0.6 is 0 Å². The molecule has 1 aliphatic heterocycles. The van der Waals surface area contributed by atoms with Gasteiger partial charge in [-0.05, 0) is 24.7 Å². The Morgan fingerprint density at radius 3 is 2.58 bits per heavy atom. The van der Waals surface area contributed by atoms with Gasteiger partial charge in [-0.25, -0.2) is 0 Å². The SMILES string of the molecule is C=C1C[C@H](O)[C@@H]2[C@H](OC(=O)[C@H]2C)[C@H]2[C@H](C)[C@H](O)C[C@@H]12. The van der Waals surface area contributed by atoms with Gasteiger partial charge in [-0.2, -0.15) is 0 Å². The molecule has 3 rings (SSSR count). The fourth-order valence-electron chi connectivity index (χ4n) is 4.43. The number of aliphatic hydroxyl groups excluding tert-OH is 2. The van der Waals surface area contributed by atoms with Gasteiger partial charge in [-0.3, -0.25) is 4.79 Å². The third kappa shape index (κ3) is 1.77. The third-order valence-corrected chi connectivity index (χ3v) is 5.57. The quantitative estimate of drug-likeness (QED) is 0.509. The standard InChI is InChI=1S/C15H22O4/c1-6-4-11(17)13-8(3)15(18)19-14(13)12-7(2)10(16)5-9(6)12/h7-14,16-17H,1,4-5H2,2-3H3/t7-,8+,9+,10-,11+,12+,13-,14-/m1/s1. The summed E-state index contributed by atoms with van der Waals surface area (Å²) in [7, 11) is 0. The van der Waals surface area contributed by atoms with Gasteiger partial charge in [0.05, 0.1) is 18.1 Å². The smallest absolute Gasteiger partial charge is 0.309 e. The van der Waals surface area contributed by atoms with Gasteiger partial charge in [-0.1, -0.05) is 26.0 Å². The molecule has 106 valence electrons. The molecule has 1 saturated heterocycles. The summed E-state index contributed by atoms with van der Waals surface area (Å²) in [5, 5.41) is 20.5. The molecule has 8 atom stereocenters. The average Bonchev–Trinajstić information content (AvgIpc) is 2.75. The minimum atomic E-state index is -0.561. The molecule has 0 aromatic carbocycles. The highest BCUT2D eigenvalue weighted by atomic mass is 16.6. The van der Waals surface area contributed by atoms with E-state index in [2.05, 4.69) is 6.58 Å². The first-order valence-corrected chi connectivity index (χ1v) is 7.16. The number of ether oxygens (including phenoxy) is 1. The maximum atomic E-state index is 11.8. The molecule has 4 heteroatoms. The summed E-state index contributed by atoms with van der Waals surface area (Å²) in [5.41, 5.74) is 0.999. The second-order valence-electron chi connectivity index (χ2n) is 6.54. The molecule has 2 aliphatic carbocycles. The van der Waals surface area contributed by atoms with E-state index < -0.39 is 6.10 Å². The van der Waals surface area contributed by atoms with E-state index in [1.807, 2.05) is 13.8 Å². The van der Waals surface area contributed by atoms with Crippen molar-refractivity contribution in [1.29, 1.82) is 0 Å². The first-order valence-electron chi connectivity index (χ1n) is 7.16. The van der Waals surface area contributed by atoms with Crippen LogP contribution in [0.4, 0.5) is 0 Å². The lowest BCUT2D eigenvalue weighted by molar-refractivity contribution is -0.146. The Morgan fingerprint density at radius 1 is 1.21 bits per heavy atom. The second kappa shape index (κ2) is 4.32. The molecule has 0 aromatic heterocycles. The molecule has 0 radical (unpaired) electrons. The molecule has 0 spiro atoms. The van der Waals surface area contributed by atoms with Crippen LogP contribution in [-0.4, -0.2) is 34.5 Å². The molecule has 0 aromatic rings. The summed E-state index contributed by atoms with van der Waals surface area (Å²) in [4.78, 5) is 11.8. The van der Waals surface area contributed by atoms with Gasteiger partial charge in [0.25, 0.3) is 0 Å². The number of hydrogen-bond acceptors (Lipinski definition) is 4. The zero-order chi connectivity index (χ0) is 13.9. The molecule has 2 N–H and O–H groups in total. The largest absolute Gasteiger partial charge is 0.461 e. The number of fused-ring (bicyclic) bond motifs is 3. The van der Waals surface area contributed by atoms with Crippen LogP contribution in [0.5, 0.6) is 0 Å². The van der Waals surface area contributed by atoms with Crippen molar-refractivity contribution in [2.45, 2.75) is 45.0 Å². The van der Waals surface area contributed by atoms with Crippen molar-refractivity contribution in [3.05, 3.63) is 12.2 Å². The highest BCUT2D eigenvalue weighted by Gasteiger charge is 2.57.